The van der Waals surface area contributed by atoms with E-state index in [0.29, 0.717) is 17.1 Å². The number of halogens is 1. The quantitative estimate of drug-likeness (QED) is 0.827. The Morgan fingerprint density at radius 3 is 2.44 bits per heavy atom. The van der Waals surface area contributed by atoms with Gasteiger partial charge in [0.1, 0.15) is 11.5 Å². The van der Waals surface area contributed by atoms with Gasteiger partial charge in [-0.15, -0.1) is 0 Å². The summed E-state index contributed by atoms with van der Waals surface area (Å²) in [5.41, 5.74) is 0.924. The van der Waals surface area contributed by atoms with Gasteiger partial charge in [-0.1, -0.05) is 19.9 Å². The van der Waals surface area contributed by atoms with Crippen molar-refractivity contribution in [2.24, 2.45) is 11.3 Å². The fourth-order valence-corrected chi connectivity index (χ4v) is 3.65. The van der Waals surface area contributed by atoms with Crippen molar-refractivity contribution in [2.75, 3.05) is 14.2 Å². The minimum absolute atomic E-state index is 0.0467. The Balaban J connectivity index is 1.96. The highest BCUT2D eigenvalue weighted by Gasteiger charge is 2.62. The zero-order chi connectivity index (χ0) is 18.4. The molecule has 3 rings (SSSR count). The van der Waals surface area contributed by atoms with Gasteiger partial charge in [-0.2, -0.15) is 0 Å². The van der Waals surface area contributed by atoms with Gasteiger partial charge in [0, 0.05) is 11.8 Å². The summed E-state index contributed by atoms with van der Waals surface area (Å²) in [6.07, 6.45) is 0. The summed E-state index contributed by atoms with van der Waals surface area (Å²) in [6, 6.07) is 9.38. The van der Waals surface area contributed by atoms with E-state index in [9.17, 15) is 14.3 Å². The Morgan fingerprint density at radius 2 is 1.84 bits per heavy atom. The predicted octanol–water partition coefficient (Wildman–Crippen LogP) is 4.17. The van der Waals surface area contributed by atoms with Gasteiger partial charge in [0.05, 0.1) is 19.8 Å². The highest BCUT2D eigenvalue weighted by Crippen LogP contribution is 2.66. The number of methoxy groups -OCH3 is 2. The topological polar surface area (TPSA) is 55.8 Å². The van der Waals surface area contributed by atoms with E-state index in [1.165, 1.54) is 19.2 Å². The summed E-state index contributed by atoms with van der Waals surface area (Å²) in [6.45, 7) is 3.99. The first kappa shape index (κ1) is 17.3. The molecule has 132 valence electrons. The molecule has 5 heteroatoms. The van der Waals surface area contributed by atoms with E-state index >= 15 is 0 Å². The summed E-state index contributed by atoms with van der Waals surface area (Å²) in [5.74, 6) is -0.409. The fourth-order valence-electron chi connectivity index (χ4n) is 3.65. The number of rotatable bonds is 5. The third-order valence-electron chi connectivity index (χ3n) is 5.11. The predicted molar refractivity (Wildman–Crippen MR) is 92.0 cm³/mol. The molecule has 0 saturated heterocycles. The molecule has 1 fully saturated rings. The summed E-state index contributed by atoms with van der Waals surface area (Å²) < 4.78 is 23.9. The lowest BCUT2D eigenvalue weighted by Gasteiger charge is -2.10. The smallest absolute Gasteiger partial charge is 0.170 e. The summed E-state index contributed by atoms with van der Waals surface area (Å²) in [7, 11) is 3.06. The fraction of sp³-hybridized carbons (Fsp3) is 0.350. The van der Waals surface area contributed by atoms with Crippen LogP contribution in [0.4, 0.5) is 4.39 Å². The molecular weight excluding hydrogens is 323 g/mol. The molecule has 2 atom stereocenters. The van der Waals surface area contributed by atoms with Crippen LogP contribution in [0.2, 0.25) is 0 Å². The lowest BCUT2D eigenvalue weighted by atomic mass is 10.0. The van der Waals surface area contributed by atoms with Crippen LogP contribution in [-0.4, -0.2) is 25.1 Å². The van der Waals surface area contributed by atoms with Crippen molar-refractivity contribution < 1.29 is 23.8 Å². The minimum atomic E-state index is -0.667. The number of benzene rings is 2. The molecule has 1 aliphatic rings. The second-order valence-electron chi connectivity index (χ2n) is 6.92. The van der Waals surface area contributed by atoms with E-state index in [0.717, 1.165) is 5.56 Å². The van der Waals surface area contributed by atoms with E-state index in [1.807, 2.05) is 13.8 Å². The highest BCUT2D eigenvalue weighted by molar-refractivity contribution is 6.03. The maximum atomic E-state index is 13.3. The SMILES string of the molecule is COc1ccc(OC)c(C(=O)C2C(c3ccc(F)c(O)c3)C2(C)C)c1. The number of carbonyl (C=O) groups excluding carboxylic acids is 1. The maximum Gasteiger partial charge on any atom is 0.170 e. The Hall–Kier alpha value is -2.56. The molecule has 4 nitrogen and oxygen atoms in total. The molecule has 2 aromatic rings. The van der Waals surface area contributed by atoms with E-state index in [4.69, 9.17) is 9.47 Å². The van der Waals surface area contributed by atoms with Gasteiger partial charge in [0.2, 0.25) is 0 Å². The first-order valence-electron chi connectivity index (χ1n) is 8.06. The lowest BCUT2D eigenvalue weighted by Crippen LogP contribution is -2.09. The minimum Gasteiger partial charge on any atom is -0.505 e. The molecule has 1 N–H and O–H groups in total. The number of carbonyl (C=O) groups is 1. The average molecular weight is 344 g/mol. The van der Waals surface area contributed by atoms with Crippen LogP contribution >= 0.6 is 0 Å². The summed E-state index contributed by atoms with van der Waals surface area (Å²) >= 11 is 0. The van der Waals surface area contributed by atoms with Crippen molar-refractivity contribution in [2.45, 2.75) is 19.8 Å². The third-order valence-corrected chi connectivity index (χ3v) is 5.11. The van der Waals surface area contributed by atoms with Gasteiger partial charge in [0.25, 0.3) is 0 Å². The molecule has 0 aromatic heterocycles. The second-order valence-corrected chi connectivity index (χ2v) is 6.92. The van der Waals surface area contributed by atoms with Crippen LogP contribution in [0.3, 0.4) is 0 Å². The number of Topliss-reactive ketones (excluding diaryl/α,β-unsaturated/α-hetero) is 1. The Bertz CT molecular complexity index is 828. The first-order chi connectivity index (χ1) is 11.8. The monoisotopic (exact) mass is 344 g/mol. The van der Waals surface area contributed by atoms with Crippen molar-refractivity contribution in [1.82, 2.24) is 0 Å². The number of phenolic OH excluding ortho intramolecular Hbond substituents is 1. The molecule has 0 radical (unpaired) electrons. The molecule has 0 heterocycles. The van der Waals surface area contributed by atoms with Crippen LogP contribution in [0.25, 0.3) is 0 Å². The van der Waals surface area contributed by atoms with E-state index in [-0.39, 0.29) is 23.0 Å². The second kappa shape index (κ2) is 6.06. The summed E-state index contributed by atoms with van der Waals surface area (Å²) in [5, 5.41) is 9.64. The molecule has 2 unspecified atom stereocenters. The lowest BCUT2D eigenvalue weighted by molar-refractivity contribution is 0.0948. The van der Waals surface area contributed by atoms with Crippen molar-refractivity contribution in [3.8, 4) is 17.2 Å². The Morgan fingerprint density at radius 1 is 1.12 bits per heavy atom. The molecule has 25 heavy (non-hydrogen) atoms. The van der Waals surface area contributed by atoms with Gasteiger partial charge < -0.3 is 14.6 Å². The number of phenols is 1. The molecule has 1 saturated carbocycles. The first-order valence-corrected chi connectivity index (χ1v) is 8.06. The van der Waals surface area contributed by atoms with Crippen molar-refractivity contribution in [3.05, 3.63) is 53.3 Å². The van der Waals surface area contributed by atoms with Crippen molar-refractivity contribution in [1.29, 1.82) is 0 Å². The standard InChI is InChI=1S/C20H21FO4/c1-20(2)17(11-5-7-14(21)15(22)9-11)18(20)19(23)13-10-12(24-3)6-8-16(13)25-4/h5-10,17-18,22H,1-4H3. The number of hydrogen-bond donors (Lipinski definition) is 1. The zero-order valence-corrected chi connectivity index (χ0v) is 14.7. The molecule has 2 aromatic carbocycles. The van der Waals surface area contributed by atoms with Crippen LogP contribution in [0.5, 0.6) is 17.2 Å². The van der Waals surface area contributed by atoms with Crippen LogP contribution in [-0.2, 0) is 0 Å². The number of ether oxygens (including phenoxy) is 2. The molecule has 1 aliphatic carbocycles. The van der Waals surface area contributed by atoms with Gasteiger partial charge in [-0.25, -0.2) is 4.39 Å². The molecule has 0 amide bonds. The maximum absolute atomic E-state index is 13.3. The number of hydrogen-bond acceptors (Lipinski definition) is 4. The van der Waals surface area contributed by atoms with E-state index in [1.54, 1.807) is 31.4 Å². The van der Waals surface area contributed by atoms with Crippen LogP contribution in [0.15, 0.2) is 36.4 Å². The van der Waals surface area contributed by atoms with Gasteiger partial charge in [-0.05, 0) is 41.3 Å². The van der Waals surface area contributed by atoms with E-state index < -0.39 is 11.6 Å². The molecule has 0 bridgehead atoms. The van der Waals surface area contributed by atoms with Crippen LogP contribution in [0, 0.1) is 17.2 Å². The van der Waals surface area contributed by atoms with Gasteiger partial charge in [-0.3, -0.25) is 4.79 Å². The van der Waals surface area contributed by atoms with Crippen molar-refractivity contribution in [3.63, 3.8) is 0 Å². The van der Waals surface area contributed by atoms with Gasteiger partial charge >= 0.3 is 0 Å². The molecule has 0 aliphatic heterocycles. The Kier molecular flexibility index (Phi) is 4.19. The van der Waals surface area contributed by atoms with E-state index in [2.05, 4.69) is 0 Å². The normalized spacial score (nSPS) is 20.8. The number of aromatic hydroxyl groups is 1. The highest BCUT2D eigenvalue weighted by atomic mass is 19.1. The van der Waals surface area contributed by atoms with Crippen molar-refractivity contribution >= 4 is 5.78 Å². The Labute approximate surface area is 146 Å². The van der Waals surface area contributed by atoms with Gasteiger partial charge in [0.15, 0.2) is 17.3 Å². The third kappa shape index (κ3) is 2.84. The summed E-state index contributed by atoms with van der Waals surface area (Å²) in [4.78, 5) is 13.1. The number of ketones is 1. The molecular formula is C20H21FO4. The van der Waals surface area contributed by atoms with Crippen LogP contribution in [0.1, 0.15) is 35.7 Å². The zero-order valence-electron chi connectivity index (χ0n) is 14.7. The average Bonchev–Trinajstić information content (AvgIpc) is 3.18. The largest absolute Gasteiger partial charge is 0.505 e. The van der Waals surface area contributed by atoms with Crippen LogP contribution < -0.4 is 9.47 Å². The molecule has 0 spiro atoms.